The number of nitrogens with one attached hydrogen (secondary N) is 3. The van der Waals surface area contributed by atoms with Gasteiger partial charge in [0.05, 0.1) is 6.54 Å². The number of nitrogens with zero attached hydrogens (tertiary/aromatic N) is 2. The number of fused-ring (bicyclic) bond motifs is 1. The van der Waals surface area contributed by atoms with E-state index in [2.05, 4.69) is 22.2 Å². The first kappa shape index (κ1) is 22.6. The number of rotatable bonds is 8. The van der Waals surface area contributed by atoms with E-state index in [1.165, 1.54) is 5.56 Å². The first-order chi connectivity index (χ1) is 14.9. The van der Waals surface area contributed by atoms with Gasteiger partial charge in [-0.3, -0.25) is 30.1 Å². The third kappa shape index (κ3) is 4.98. The van der Waals surface area contributed by atoms with Crippen LogP contribution in [0.2, 0.25) is 0 Å². The van der Waals surface area contributed by atoms with E-state index in [9.17, 15) is 19.2 Å². The summed E-state index contributed by atoms with van der Waals surface area (Å²) in [6.45, 7) is 4.33. The first-order valence-corrected chi connectivity index (χ1v) is 10.9. The van der Waals surface area contributed by atoms with Crippen molar-refractivity contribution in [3.05, 3.63) is 29.8 Å². The van der Waals surface area contributed by atoms with Gasteiger partial charge in [0.2, 0.25) is 0 Å². The summed E-state index contributed by atoms with van der Waals surface area (Å²) >= 11 is 0. The van der Waals surface area contributed by atoms with Crippen molar-refractivity contribution < 1.29 is 19.2 Å². The zero-order valence-electron chi connectivity index (χ0n) is 18.2. The standard InChI is InChI=1S/C22H31N5O4/c1-3-11-22(12-4-2)20(30)27(21(31)23-22)15-19(29)25-24-18(28)14-26-13-7-9-16-8-5-6-10-17(16)26/h5-6,8,10H,3-4,7,9,11-15H2,1-2H3,(H,23,31)(H,24,28)(H,25,29). The molecule has 9 nitrogen and oxygen atoms in total. The molecule has 0 radical (unpaired) electrons. The molecule has 9 heteroatoms. The number of hydrazine groups is 1. The van der Waals surface area contributed by atoms with Crippen molar-refractivity contribution in [1.29, 1.82) is 0 Å². The Bertz CT molecular complexity index is 850. The Morgan fingerprint density at radius 3 is 2.35 bits per heavy atom. The zero-order chi connectivity index (χ0) is 22.4. The Hall–Kier alpha value is -3.10. The van der Waals surface area contributed by atoms with Crippen LogP contribution in [0.25, 0.3) is 0 Å². The molecule has 2 aliphatic heterocycles. The van der Waals surface area contributed by atoms with Crippen LogP contribution in [-0.4, -0.2) is 53.8 Å². The third-order valence-corrected chi connectivity index (χ3v) is 5.78. The van der Waals surface area contributed by atoms with Crippen LogP contribution in [0.1, 0.15) is 51.5 Å². The molecule has 0 spiro atoms. The normalized spacial score (nSPS) is 17.2. The van der Waals surface area contributed by atoms with Crippen molar-refractivity contribution in [3.63, 3.8) is 0 Å². The fourth-order valence-corrected chi connectivity index (χ4v) is 4.45. The maximum absolute atomic E-state index is 12.8. The minimum absolute atomic E-state index is 0.108. The van der Waals surface area contributed by atoms with Gasteiger partial charge in [-0.1, -0.05) is 44.9 Å². The molecule has 5 amide bonds. The van der Waals surface area contributed by atoms with Crippen molar-refractivity contribution in [1.82, 2.24) is 21.1 Å². The predicted molar refractivity (Wildman–Crippen MR) is 116 cm³/mol. The van der Waals surface area contributed by atoms with E-state index >= 15 is 0 Å². The number of benzene rings is 1. The molecule has 0 atom stereocenters. The largest absolute Gasteiger partial charge is 0.362 e. The molecule has 2 heterocycles. The highest BCUT2D eigenvalue weighted by atomic mass is 16.2. The van der Waals surface area contributed by atoms with Crippen LogP contribution in [0.15, 0.2) is 24.3 Å². The monoisotopic (exact) mass is 429 g/mol. The van der Waals surface area contributed by atoms with E-state index in [-0.39, 0.29) is 18.4 Å². The molecule has 1 aromatic rings. The molecule has 31 heavy (non-hydrogen) atoms. The van der Waals surface area contributed by atoms with Gasteiger partial charge in [0.25, 0.3) is 17.7 Å². The smallest absolute Gasteiger partial charge is 0.325 e. The number of aryl methyl sites for hydroxylation is 1. The number of para-hydroxylation sites is 1. The molecular weight excluding hydrogens is 398 g/mol. The predicted octanol–water partition coefficient (Wildman–Crippen LogP) is 1.48. The van der Waals surface area contributed by atoms with Gasteiger partial charge in [-0.2, -0.15) is 0 Å². The van der Waals surface area contributed by atoms with Crippen LogP contribution in [0.5, 0.6) is 0 Å². The van der Waals surface area contributed by atoms with Crippen molar-refractivity contribution in [2.75, 3.05) is 24.5 Å². The van der Waals surface area contributed by atoms with E-state index in [1.807, 2.05) is 36.9 Å². The Morgan fingerprint density at radius 2 is 1.68 bits per heavy atom. The van der Waals surface area contributed by atoms with Crippen LogP contribution >= 0.6 is 0 Å². The zero-order valence-corrected chi connectivity index (χ0v) is 18.2. The lowest BCUT2D eigenvalue weighted by Crippen LogP contribution is -2.51. The number of amides is 5. The Balaban J connectivity index is 1.52. The van der Waals surface area contributed by atoms with E-state index < -0.39 is 24.0 Å². The van der Waals surface area contributed by atoms with Gasteiger partial charge >= 0.3 is 6.03 Å². The Morgan fingerprint density at radius 1 is 1.03 bits per heavy atom. The van der Waals surface area contributed by atoms with Gasteiger partial charge in [-0.15, -0.1) is 0 Å². The molecule has 1 saturated heterocycles. The van der Waals surface area contributed by atoms with E-state index in [1.54, 1.807) is 0 Å². The molecule has 1 aromatic carbocycles. The number of carbonyl (C=O) groups is 4. The summed E-state index contributed by atoms with van der Waals surface area (Å²) in [6.07, 6.45) is 4.47. The topological polar surface area (TPSA) is 111 Å². The average molecular weight is 430 g/mol. The second-order valence-electron chi connectivity index (χ2n) is 8.15. The second kappa shape index (κ2) is 9.80. The van der Waals surface area contributed by atoms with Crippen molar-refractivity contribution in [2.45, 2.75) is 57.9 Å². The highest BCUT2D eigenvalue weighted by Gasteiger charge is 2.50. The molecule has 0 aliphatic carbocycles. The van der Waals surface area contributed by atoms with Gasteiger partial charge in [0.15, 0.2) is 0 Å². The van der Waals surface area contributed by atoms with Crippen LogP contribution in [-0.2, 0) is 20.8 Å². The summed E-state index contributed by atoms with van der Waals surface area (Å²) in [7, 11) is 0. The third-order valence-electron chi connectivity index (χ3n) is 5.78. The molecule has 2 aliphatic rings. The number of imide groups is 1. The summed E-state index contributed by atoms with van der Waals surface area (Å²) in [4.78, 5) is 52.7. The molecule has 168 valence electrons. The van der Waals surface area contributed by atoms with Gasteiger partial charge in [0.1, 0.15) is 12.1 Å². The Kier molecular flexibility index (Phi) is 7.14. The van der Waals surface area contributed by atoms with Crippen LogP contribution < -0.4 is 21.1 Å². The van der Waals surface area contributed by atoms with E-state index in [0.717, 1.165) is 42.8 Å². The van der Waals surface area contributed by atoms with Crippen molar-refractivity contribution in [3.8, 4) is 0 Å². The second-order valence-corrected chi connectivity index (χ2v) is 8.15. The van der Waals surface area contributed by atoms with Crippen LogP contribution in [0.3, 0.4) is 0 Å². The van der Waals surface area contributed by atoms with Crippen molar-refractivity contribution >= 4 is 29.4 Å². The molecule has 3 N–H and O–H groups in total. The minimum atomic E-state index is -0.939. The lowest BCUT2D eigenvalue weighted by molar-refractivity contribution is -0.136. The Labute approximate surface area is 182 Å². The number of urea groups is 1. The summed E-state index contributed by atoms with van der Waals surface area (Å²) in [5, 5.41) is 2.77. The van der Waals surface area contributed by atoms with Crippen LogP contribution in [0.4, 0.5) is 10.5 Å². The molecule has 0 saturated carbocycles. The molecule has 3 rings (SSSR count). The lowest BCUT2D eigenvalue weighted by atomic mass is 9.88. The summed E-state index contributed by atoms with van der Waals surface area (Å²) < 4.78 is 0. The number of hydrogen-bond donors (Lipinski definition) is 3. The summed E-state index contributed by atoms with van der Waals surface area (Å²) in [5.74, 6) is -1.37. The summed E-state index contributed by atoms with van der Waals surface area (Å²) in [6, 6.07) is 7.38. The number of hydrogen-bond acceptors (Lipinski definition) is 5. The number of anilines is 1. The maximum Gasteiger partial charge on any atom is 0.325 e. The molecule has 0 bridgehead atoms. The molecule has 1 fully saturated rings. The molecule has 0 unspecified atom stereocenters. The van der Waals surface area contributed by atoms with E-state index in [4.69, 9.17) is 0 Å². The fraction of sp³-hybridized carbons (Fsp3) is 0.545. The lowest BCUT2D eigenvalue weighted by Gasteiger charge is -2.30. The first-order valence-electron chi connectivity index (χ1n) is 10.9. The highest BCUT2D eigenvalue weighted by Crippen LogP contribution is 2.28. The maximum atomic E-state index is 12.8. The van der Waals surface area contributed by atoms with Gasteiger partial charge < -0.3 is 10.2 Å². The van der Waals surface area contributed by atoms with Crippen LogP contribution in [0, 0.1) is 0 Å². The van der Waals surface area contributed by atoms with Crippen molar-refractivity contribution in [2.24, 2.45) is 0 Å². The highest BCUT2D eigenvalue weighted by molar-refractivity contribution is 6.09. The molecule has 0 aromatic heterocycles. The average Bonchev–Trinajstić information content (AvgIpc) is 2.97. The van der Waals surface area contributed by atoms with Gasteiger partial charge in [-0.05, 0) is 37.3 Å². The fourth-order valence-electron chi connectivity index (χ4n) is 4.45. The minimum Gasteiger partial charge on any atom is -0.362 e. The molecular formula is C22H31N5O4. The van der Waals surface area contributed by atoms with Gasteiger partial charge in [-0.25, -0.2) is 4.79 Å². The summed E-state index contributed by atoms with van der Waals surface area (Å²) in [5.41, 5.74) is 5.99. The quantitative estimate of drug-likeness (QED) is 0.428. The number of carbonyl (C=O) groups excluding carboxylic acids is 4. The van der Waals surface area contributed by atoms with E-state index in [0.29, 0.717) is 12.8 Å². The SMILES string of the molecule is CCCC1(CCC)NC(=O)N(CC(=O)NNC(=O)CN2CCCc3ccccc32)C1=O. The van der Waals surface area contributed by atoms with Gasteiger partial charge in [0, 0.05) is 12.2 Å².